The molecular formula is C11H9FN2O3. The lowest BCUT2D eigenvalue weighted by Gasteiger charge is -2.06. The van der Waals surface area contributed by atoms with Gasteiger partial charge in [0.25, 0.3) is 0 Å². The molecule has 0 fully saturated rings. The average molecular weight is 236 g/mol. The van der Waals surface area contributed by atoms with E-state index in [1.165, 1.54) is 18.4 Å². The standard InChI is InChI=1S/C11H9FN2O3/c12-9-5-7(11(15)16)1-2-10(9)13-6-8-3-4-17-14-8/h1-5,13H,6H2,(H,15,16). The Morgan fingerprint density at radius 3 is 2.88 bits per heavy atom. The van der Waals surface area contributed by atoms with Gasteiger partial charge in [-0.1, -0.05) is 5.16 Å². The molecule has 0 saturated carbocycles. The predicted molar refractivity (Wildman–Crippen MR) is 57.2 cm³/mol. The van der Waals surface area contributed by atoms with Crippen LogP contribution in [0.15, 0.2) is 35.1 Å². The fourth-order valence-electron chi connectivity index (χ4n) is 1.31. The van der Waals surface area contributed by atoms with Crippen LogP contribution in [0, 0.1) is 5.82 Å². The summed E-state index contributed by atoms with van der Waals surface area (Å²) in [6, 6.07) is 5.32. The number of carbonyl (C=O) groups is 1. The number of nitrogens with zero attached hydrogens (tertiary/aromatic N) is 1. The zero-order valence-electron chi connectivity index (χ0n) is 8.68. The van der Waals surface area contributed by atoms with Gasteiger partial charge in [-0.15, -0.1) is 0 Å². The highest BCUT2D eigenvalue weighted by Crippen LogP contribution is 2.16. The van der Waals surface area contributed by atoms with Gasteiger partial charge in [-0.3, -0.25) is 0 Å². The minimum atomic E-state index is -1.16. The van der Waals surface area contributed by atoms with Crippen LogP contribution in [0.5, 0.6) is 0 Å². The molecule has 2 aromatic rings. The first kappa shape index (κ1) is 11.1. The van der Waals surface area contributed by atoms with Crippen LogP contribution in [0.1, 0.15) is 16.1 Å². The molecule has 88 valence electrons. The maximum absolute atomic E-state index is 13.5. The quantitative estimate of drug-likeness (QED) is 0.850. The highest BCUT2D eigenvalue weighted by molar-refractivity contribution is 5.88. The number of hydrogen-bond acceptors (Lipinski definition) is 4. The molecule has 0 bridgehead atoms. The van der Waals surface area contributed by atoms with Gasteiger partial charge in [0.05, 0.1) is 17.8 Å². The molecule has 0 radical (unpaired) electrons. The molecule has 5 nitrogen and oxygen atoms in total. The lowest BCUT2D eigenvalue weighted by atomic mass is 10.2. The molecule has 2 N–H and O–H groups in total. The highest BCUT2D eigenvalue weighted by atomic mass is 19.1. The van der Waals surface area contributed by atoms with Gasteiger partial charge in [0.1, 0.15) is 17.8 Å². The van der Waals surface area contributed by atoms with Gasteiger partial charge in [-0.2, -0.15) is 0 Å². The fraction of sp³-hybridized carbons (Fsp3) is 0.0909. The smallest absolute Gasteiger partial charge is 0.335 e. The predicted octanol–water partition coefficient (Wildman–Crippen LogP) is 2.12. The number of hydrogen-bond donors (Lipinski definition) is 2. The van der Waals surface area contributed by atoms with Gasteiger partial charge in [-0.25, -0.2) is 9.18 Å². The van der Waals surface area contributed by atoms with Crippen molar-refractivity contribution in [2.24, 2.45) is 0 Å². The Bertz CT molecular complexity index is 526. The first-order valence-corrected chi connectivity index (χ1v) is 4.83. The third kappa shape index (κ3) is 2.60. The summed E-state index contributed by atoms with van der Waals surface area (Å²) in [6.45, 7) is 0.305. The second-order valence-electron chi connectivity index (χ2n) is 3.34. The first-order valence-electron chi connectivity index (χ1n) is 4.83. The Labute approximate surface area is 95.9 Å². The van der Waals surface area contributed by atoms with E-state index < -0.39 is 11.8 Å². The molecule has 2 rings (SSSR count). The van der Waals surface area contributed by atoms with Gasteiger partial charge in [0, 0.05) is 6.07 Å². The molecule has 1 aromatic carbocycles. The van der Waals surface area contributed by atoms with Crippen molar-refractivity contribution >= 4 is 11.7 Å². The number of benzene rings is 1. The van der Waals surface area contributed by atoms with Crippen molar-refractivity contribution in [3.63, 3.8) is 0 Å². The Balaban J connectivity index is 2.09. The van der Waals surface area contributed by atoms with Crippen LogP contribution in [0.2, 0.25) is 0 Å². The van der Waals surface area contributed by atoms with Gasteiger partial charge in [0.2, 0.25) is 0 Å². The summed E-state index contributed by atoms with van der Waals surface area (Å²) in [7, 11) is 0. The van der Waals surface area contributed by atoms with E-state index in [0.29, 0.717) is 12.2 Å². The number of carboxylic acids is 1. The zero-order valence-corrected chi connectivity index (χ0v) is 8.68. The normalized spacial score (nSPS) is 10.2. The molecule has 0 spiro atoms. The Morgan fingerprint density at radius 2 is 2.29 bits per heavy atom. The van der Waals surface area contributed by atoms with E-state index in [4.69, 9.17) is 5.11 Å². The van der Waals surface area contributed by atoms with Crippen molar-refractivity contribution in [2.45, 2.75) is 6.54 Å². The summed E-state index contributed by atoms with van der Waals surface area (Å²) in [5.74, 6) is -1.78. The van der Waals surface area contributed by atoms with E-state index in [-0.39, 0.29) is 11.3 Å². The van der Waals surface area contributed by atoms with Crippen LogP contribution in [0.3, 0.4) is 0 Å². The maximum atomic E-state index is 13.5. The largest absolute Gasteiger partial charge is 0.478 e. The minimum absolute atomic E-state index is 0.0884. The van der Waals surface area contributed by atoms with Crippen molar-refractivity contribution in [3.05, 3.63) is 47.6 Å². The van der Waals surface area contributed by atoms with Gasteiger partial charge in [-0.05, 0) is 18.2 Å². The minimum Gasteiger partial charge on any atom is -0.478 e. The number of aromatic carboxylic acids is 1. The number of aromatic nitrogens is 1. The number of anilines is 1. The zero-order chi connectivity index (χ0) is 12.3. The lowest BCUT2D eigenvalue weighted by Crippen LogP contribution is -2.03. The van der Waals surface area contributed by atoms with Crippen molar-refractivity contribution < 1.29 is 18.8 Å². The number of nitrogens with one attached hydrogen (secondary N) is 1. The summed E-state index contributed by atoms with van der Waals surface area (Å²) in [4.78, 5) is 10.6. The summed E-state index contributed by atoms with van der Waals surface area (Å²) in [6.07, 6.45) is 1.42. The molecule has 1 heterocycles. The van der Waals surface area contributed by atoms with Crippen LogP contribution in [-0.4, -0.2) is 16.2 Å². The number of carboxylic acid groups (broad SMARTS) is 1. The van der Waals surface area contributed by atoms with Crippen LogP contribution >= 0.6 is 0 Å². The molecule has 17 heavy (non-hydrogen) atoms. The molecule has 0 aliphatic heterocycles. The molecule has 0 saturated heterocycles. The van der Waals surface area contributed by atoms with Gasteiger partial charge in [0.15, 0.2) is 0 Å². The van der Waals surface area contributed by atoms with E-state index in [1.54, 1.807) is 6.07 Å². The lowest BCUT2D eigenvalue weighted by molar-refractivity contribution is 0.0696. The molecule has 0 amide bonds. The monoisotopic (exact) mass is 236 g/mol. The van der Waals surface area contributed by atoms with Crippen LogP contribution < -0.4 is 5.32 Å². The van der Waals surface area contributed by atoms with Crippen molar-refractivity contribution in [1.29, 1.82) is 0 Å². The second-order valence-corrected chi connectivity index (χ2v) is 3.34. The van der Waals surface area contributed by atoms with Gasteiger partial charge >= 0.3 is 5.97 Å². The van der Waals surface area contributed by atoms with Crippen molar-refractivity contribution in [2.75, 3.05) is 5.32 Å². The summed E-state index contributed by atoms with van der Waals surface area (Å²) in [5, 5.41) is 15.1. The first-order chi connectivity index (χ1) is 8.16. The molecule has 1 aromatic heterocycles. The number of rotatable bonds is 4. The van der Waals surface area contributed by atoms with Gasteiger partial charge < -0.3 is 14.9 Å². The molecule has 0 aliphatic carbocycles. The van der Waals surface area contributed by atoms with E-state index in [0.717, 1.165) is 6.07 Å². The second kappa shape index (κ2) is 4.65. The van der Waals surface area contributed by atoms with E-state index in [2.05, 4.69) is 15.0 Å². The number of halogens is 1. The summed E-state index contributed by atoms with van der Waals surface area (Å²) >= 11 is 0. The molecule has 0 unspecified atom stereocenters. The Morgan fingerprint density at radius 1 is 1.47 bits per heavy atom. The van der Waals surface area contributed by atoms with Crippen molar-refractivity contribution in [1.82, 2.24) is 5.16 Å². The van der Waals surface area contributed by atoms with E-state index in [1.807, 2.05) is 0 Å². The van der Waals surface area contributed by atoms with Crippen LogP contribution in [0.4, 0.5) is 10.1 Å². The van der Waals surface area contributed by atoms with E-state index >= 15 is 0 Å². The molecular weight excluding hydrogens is 227 g/mol. The SMILES string of the molecule is O=C(O)c1ccc(NCc2ccon2)c(F)c1. The molecule has 6 heteroatoms. The summed E-state index contributed by atoms with van der Waals surface area (Å²) < 4.78 is 18.1. The van der Waals surface area contributed by atoms with Crippen LogP contribution in [-0.2, 0) is 6.54 Å². The fourth-order valence-corrected chi connectivity index (χ4v) is 1.31. The highest BCUT2D eigenvalue weighted by Gasteiger charge is 2.08. The third-order valence-corrected chi connectivity index (χ3v) is 2.17. The Kier molecular flexibility index (Phi) is 3.04. The maximum Gasteiger partial charge on any atom is 0.335 e. The summed E-state index contributed by atoms with van der Waals surface area (Å²) in [5.41, 5.74) is 0.763. The molecule has 0 atom stereocenters. The van der Waals surface area contributed by atoms with E-state index in [9.17, 15) is 9.18 Å². The third-order valence-electron chi connectivity index (χ3n) is 2.17. The average Bonchev–Trinajstić information content (AvgIpc) is 2.80. The van der Waals surface area contributed by atoms with Crippen LogP contribution in [0.25, 0.3) is 0 Å². The topological polar surface area (TPSA) is 75.4 Å². The Hall–Kier alpha value is -2.37. The van der Waals surface area contributed by atoms with Crippen molar-refractivity contribution in [3.8, 4) is 0 Å². The molecule has 0 aliphatic rings.